The molecule has 0 aromatic heterocycles. The number of ether oxygens (including phenoxy) is 1. The van der Waals surface area contributed by atoms with Gasteiger partial charge in [0.05, 0.1) is 18.1 Å². The molecule has 0 aliphatic heterocycles. The first-order chi connectivity index (χ1) is 9.52. The second-order valence-electron chi connectivity index (χ2n) is 4.91. The third kappa shape index (κ3) is 5.64. The fraction of sp³-hybridized carbons (Fsp3) is 0.571. The van der Waals surface area contributed by atoms with Gasteiger partial charge in [-0.15, -0.1) is 0 Å². The Morgan fingerprint density at radius 3 is 2.75 bits per heavy atom. The standard InChI is InChI=1S/C14H23N3O3/c1-12-13(5-4-6-14(12)17(18)19)11-15-7-9-20-10-8-16(2)3/h4-6,15H,7-11H2,1-3H3. The Hall–Kier alpha value is -1.50. The van der Waals surface area contributed by atoms with Gasteiger partial charge in [-0.3, -0.25) is 10.1 Å². The Morgan fingerprint density at radius 2 is 2.10 bits per heavy atom. The van der Waals surface area contributed by atoms with Crippen LogP contribution in [0.3, 0.4) is 0 Å². The van der Waals surface area contributed by atoms with E-state index in [2.05, 4.69) is 10.2 Å². The number of nitro benzene ring substituents is 1. The van der Waals surface area contributed by atoms with Gasteiger partial charge in [0.15, 0.2) is 0 Å². The average molecular weight is 281 g/mol. The molecular weight excluding hydrogens is 258 g/mol. The van der Waals surface area contributed by atoms with E-state index < -0.39 is 0 Å². The van der Waals surface area contributed by atoms with Crippen molar-refractivity contribution in [1.29, 1.82) is 0 Å². The summed E-state index contributed by atoms with van der Waals surface area (Å²) >= 11 is 0. The molecule has 6 nitrogen and oxygen atoms in total. The van der Waals surface area contributed by atoms with Gasteiger partial charge >= 0.3 is 0 Å². The van der Waals surface area contributed by atoms with Crippen molar-refractivity contribution in [2.45, 2.75) is 13.5 Å². The maximum atomic E-state index is 10.8. The highest BCUT2D eigenvalue weighted by Crippen LogP contribution is 2.20. The number of nitrogens with zero attached hydrogens (tertiary/aromatic N) is 2. The largest absolute Gasteiger partial charge is 0.379 e. The van der Waals surface area contributed by atoms with Gasteiger partial charge in [-0.25, -0.2) is 0 Å². The molecule has 0 aliphatic carbocycles. The smallest absolute Gasteiger partial charge is 0.272 e. The topological polar surface area (TPSA) is 67.6 Å². The van der Waals surface area contributed by atoms with E-state index in [4.69, 9.17) is 4.74 Å². The molecule has 112 valence electrons. The van der Waals surface area contributed by atoms with E-state index in [0.29, 0.717) is 19.8 Å². The molecule has 0 atom stereocenters. The summed E-state index contributed by atoms with van der Waals surface area (Å²) < 4.78 is 5.46. The predicted octanol–water partition coefficient (Wildman–Crippen LogP) is 1.57. The quantitative estimate of drug-likeness (QED) is 0.423. The number of rotatable bonds is 9. The Kier molecular flexibility index (Phi) is 7.14. The van der Waals surface area contributed by atoms with Gasteiger partial charge in [0.1, 0.15) is 0 Å². The maximum Gasteiger partial charge on any atom is 0.272 e. The van der Waals surface area contributed by atoms with Crippen LogP contribution in [0.1, 0.15) is 11.1 Å². The Morgan fingerprint density at radius 1 is 1.35 bits per heavy atom. The van der Waals surface area contributed by atoms with Gasteiger partial charge in [-0.1, -0.05) is 12.1 Å². The first-order valence-corrected chi connectivity index (χ1v) is 6.68. The number of benzene rings is 1. The lowest BCUT2D eigenvalue weighted by Gasteiger charge is -2.11. The van der Waals surface area contributed by atoms with E-state index in [1.165, 1.54) is 6.07 Å². The summed E-state index contributed by atoms with van der Waals surface area (Å²) in [6.07, 6.45) is 0. The number of hydrogen-bond donors (Lipinski definition) is 1. The molecule has 1 aromatic rings. The maximum absolute atomic E-state index is 10.8. The molecule has 0 spiro atoms. The van der Waals surface area contributed by atoms with Crippen LogP contribution in [-0.2, 0) is 11.3 Å². The molecule has 0 fully saturated rings. The van der Waals surface area contributed by atoms with Crippen molar-refractivity contribution in [2.75, 3.05) is 40.4 Å². The Balaban J connectivity index is 2.29. The third-order valence-corrected chi connectivity index (χ3v) is 3.04. The lowest BCUT2D eigenvalue weighted by atomic mass is 10.1. The van der Waals surface area contributed by atoms with Crippen LogP contribution in [0.15, 0.2) is 18.2 Å². The van der Waals surface area contributed by atoms with Gasteiger partial charge in [0.2, 0.25) is 0 Å². The highest BCUT2D eigenvalue weighted by Gasteiger charge is 2.12. The van der Waals surface area contributed by atoms with Crippen molar-refractivity contribution in [3.63, 3.8) is 0 Å². The van der Waals surface area contributed by atoms with Gasteiger partial charge in [-0.2, -0.15) is 0 Å². The number of likely N-dealkylation sites (N-methyl/N-ethyl adjacent to an activating group) is 1. The number of hydrogen-bond acceptors (Lipinski definition) is 5. The summed E-state index contributed by atoms with van der Waals surface area (Å²) in [6.45, 7) is 5.39. The van der Waals surface area contributed by atoms with E-state index in [1.54, 1.807) is 13.0 Å². The fourth-order valence-electron chi connectivity index (χ4n) is 1.78. The van der Waals surface area contributed by atoms with Crippen molar-refractivity contribution in [2.24, 2.45) is 0 Å². The summed E-state index contributed by atoms with van der Waals surface area (Å²) in [7, 11) is 4.01. The van der Waals surface area contributed by atoms with E-state index in [-0.39, 0.29) is 10.6 Å². The minimum absolute atomic E-state index is 0.173. The Bertz CT molecular complexity index is 436. The van der Waals surface area contributed by atoms with Crippen molar-refractivity contribution in [3.8, 4) is 0 Å². The monoisotopic (exact) mass is 281 g/mol. The first kappa shape index (κ1) is 16.6. The zero-order valence-electron chi connectivity index (χ0n) is 12.4. The number of nitro groups is 1. The molecule has 1 N–H and O–H groups in total. The van der Waals surface area contributed by atoms with Gasteiger partial charge in [0.25, 0.3) is 5.69 Å². The lowest BCUT2D eigenvalue weighted by Crippen LogP contribution is -2.23. The van der Waals surface area contributed by atoms with Crippen LogP contribution in [0.25, 0.3) is 0 Å². The molecule has 0 radical (unpaired) electrons. The van der Waals surface area contributed by atoms with Crippen LogP contribution in [0, 0.1) is 17.0 Å². The van der Waals surface area contributed by atoms with Crippen molar-refractivity contribution >= 4 is 5.69 Å². The van der Waals surface area contributed by atoms with Crippen LogP contribution in [0.5, 0.6) is 0 Å². The summed E-state index contributed by atoms with van der Waals surface area (Å²) in [6, 6.07) is 5.15. The van der Waals surface area contributed by atoms with Crippen LogP contribution >= 0.6 is 0 Å². The summed E-state index contributed by atoms with van der Waals surface area (Å²) in [5.41, 5.74) is 1.84. The van der Waals surface area contributed by atoms with Crippen molar-refractivity contribution < 1.29 is 9.66 Å². The van der Waals surface area contributed by atoms with Crippen LogP contribution in [-0.4, -0.2) is 50.2 Å². The fourth-order valence-corrected chi connectivity index (χ4v) is 1.78. The molecule has 1 aromatic carbocycles. The SMILES string of the molecule is Cc1c(CNCCOCCN(C)C)cccc1[N+](=O)[O-]. The van der Waals surface area contributed by atoms with Crippen LogP contribution < -0.4 is 5.32 Å². The second-order valence-corrected chi connectivity index (χ2v) is 4.91. The van der Waals surface area contributed by atoms with E-state index in [1.807, 2.05) is 20.2 Å². The minimum atomic E-state index is -0.344. The van der Waals surface area contributed by atoms with E-state index >= 15 is 0 Å². The molecule has 0 saturated carbocycles. The molecule has 0 bridgehead atoms. The molecule has 0 unspecified atom stereocenters. The first-order valence-electron chi connectivity index (χ1n) is 6.68. The third-order valence-electron chi connectivity index (χ3n) is 3.04. The zero-order valence-corrected chi connectivity index (χ0v) is 12.4. The summed E-state index contributed by atoms with van der Waals surface area (Å²) in [5.74, 6) is 0. The van der Waals surface area contributed by atoms with Crippen LogP contribution in [0.2, 0.25) is 0 Å². The predicted molar refractivity (Wildman–Crippen MR) is 78.9 cm³/mol. The van der Waals surface area contributed by atoms with Crippen molar-refractivity contribution in [1.82, 2.24) is 10.2 Å². The lowest BCUT2D eigenvalue weighted by molar-refractivity contribution is -0.385. The molecule has 0 aliphatic rings. The molecule has 0 amide bonds. The molecule has 20 heavy (non-hydrogen) atoms. The van der Waals surface area contributed by atoms with Crippen molar-refractivity contribution in [3.05, 3.63) is 39.4 Å². The highest BCUT2D eigenvalue weighted by molar-refractivity contribution is 5.44. The number of nitrogens with one attached hydrogen (secondary N) is 1. The molecule has 6 heteroatoms. The zero-order chi connectivity index (χ0) is 15.0. The van der Waals surface area contributed by atoms with E-state index in [9.17, 15) is 10.1 Å². The minimum Gasteiger partial charge on any atom is -0.379 e. The molecule has 0 heterocycles. The molecule has 0 saturated heterocycles. The highest BCUT2D eigenvalue weighted by atomic mass is 16.6. The summed E-state index contributed by atoms with van der Waals surface area (Å²) in [4.78, 5) is 12.6. The summed E-state index contributed by atoms with van der Waals surface area (Å²) in [5, 5.41) is 14.1. The average Bonchev–Trinajstić information content (AvgIpc) is 2.38. The van der Waals surface area contributed by atoms with Gasteiger partial charge < -0.3 is 15.0 Å². The Labute approximate surface area is 119 Å². The second kappa shape index (κ2) is 8.63. The molecular formula is C14H23N3O3. The van der Waals surface area contributed by atoms with E-state index in [0.717, 1.165) is 24.2 Å². The normalized spacial score (nSPS) is 11.0. The molecule has 1 rings (SSSR count). The van der Waals surface area contributed by atoms with Gasteiger partial charge in [0, 0.05) is 31.3 Å². The van der Waals surface area contributed by atoms with Gasteiger partial charge in [-0.05, 0) is 26.6 Å². The van der Waals surface area contributed by atoms with Crippen LogP contribution in [0.4, 0.5) is 5.69 Å².